The van der Waals surface area contributed by atoms with E-state index in [0.29, 0.717) is 21.7 Å². The molecule has 0 saturated heterocycles. The Labute approximate surface area is 119 Å². The van der Waals surface area contributed by atoms with E-state index in [1.807, 2.05) is 0 Å². The minimum atomic E-state index is -0.448. The van der Waals surface area contributed by atoms with E-state index in [-0.39, 0.29) is 17.4 Å². The molecule has 0 aliphatic heterocycles. The molecule has 0 amide bonds. The topological polar surface area (TPSA) is 54.9 Å². The summed E-state index contributed by atoms with van der Waals surface area (Å²) in [5, 5.41) is 0.681. The molecule has 7 heteroatoms. The number of fused-ring (bicyclic) bond motifs is 1. The van der Waals surface area contributed by atoms with Gasteiger partial charge in [-0.05, 0) is 18.2 Å². The van der Waals surface area contributed by atoms with Crippen molar-refractivity contribution in [2.45, 2.75) is 11.8 Å². The van der Waals surface area contributed by atoms with Crippen LogP contribution in [0.2, 0.25) is 5.02 Å². The summed E-state index contributed by atoms with van der Waals surface area (Å²) in [7, 11) is 0. The number of halogens is 1. The average Bonchev–Trinajstić information content (AvgIpc) is 2.35. The summed E-state index contributed by atoms with van der Waals surface area (Å²) < 4.78 is 1.12. The number of hydrogen-bond donors (Lipinski definition) is 3. The van der Waals surface area contributed by atoms with Gasteiger partial charge < -0.3 is 4.98 Å². The summed E-state index contributed by atoms with van der Waals surface area (Å²) in [6.45, 7) is 0.212. The van der Waals surface area contributed by atoms with Crippen molar-refractivity contribution in [1.29, 1.82) is 0 Å². The lowest BCUT2D eigenvalue weighted by atomic mass is 10.2. The van der Waals surface area contributed by atoms with E-state index in [2.05, 4.69) is 30.2 Å². The summed E-state index contributed by atoms with van der Waals surface area (Å²) in [5.74, 6) is 0.475. The zero-order chi connectivity index (χ0) is 13.3. The van der Waals surface area contributed by atoms with E-state index in [4.69, 9.17) is 11.6 Å². The van der Waals surface area contributed by atoms with E-state index >= 15 is 0 Å². The van der Waals surface area contributed by atoms with Gasteiger partial charge in [0.25, 0.3) is 5.56 Å². The molecule has 0 bridgehead atoms. The van der Waals surface area contributed by atoms with Crippen molar-refractivity contribution in [2.75, 3.05) is 5.75 Å². The number of H-pyrrole nitrogens is 1. The third kappa shape index (κ3) is 2.60. The summed E-state index contributed by atoms with van der Waals surface area (Å²) in [5.41, 5.74) is -0.333. The smallest absolute Gasteiger partial charge is 0.307 e. The number of hydrogen-bond acceptors (Lipinski definition) is 4. The molecule has 0 fully saturated rings. The predicted molar refractivity (Wildman–Crippen MR) is 80.5 cm³/mol. The van der Waals surface area contributed by atoms with Crippen LogP contribution in [-0.4, -0.2) is 20.6 Å². The van der Waals surface area contributed by atoms with Crippen molar-refractivity contribution in [3.63, 3.8) is 0 Å². The molecule has 4 nitrogen and oxygen atoms in total. The van der Waals surface area contributed by atoms with Gasteiger partial charge in [-0.15, -0.1) is 0 Å². The number of thiol groups is 2. The van der Waals surface area contributed by atoms with Gasteiger partial charge in [0.2, 0.25) is 0 Å². The molecule has 0 saturated carbocycles. The molecule has 0 spiro atoms. The van der Waals surface area contributed by atoms with Gasteiger partial charge in [0.05, 0.1) is 10.9 Å². The molecule has 2 rings (SSSR count). The molecule has 18 heavy (non-hydrogen) atoms. The fourth-order valence-electron chi connectivity index (χ4n) is 1.66. The fraction of sp³-hybridized carbons (Fsp3) is 0.273. The van der Waals surface area contributed by atoms with Crippen LogP contribution >= 0.6 is 36.9 Å². The monoisotopic (exact) mass is 302 g/mol. The van der Waals surface area contributed by atoms with Crippen molar-refractivity contribution in [1.82, 2.24) is 9.55 Å². The maximum Gasteiger partial charge on any atom is 0.328 e. The van der Waals surface area contributed by atoms with Gasteiger partial charge in [-0.25, -0.2) is 4.79 Å². The first-order valence-electron chi connectivity index (χ1n) is 5.24. The number of rotatable bonds is 3. The lowest BCUT2D eigenvalue weighted by Crippen LogP contribution is -2.37. The predicted octanol–water partition coefficient (Wildman–Crippen LogP) is 1.57. The minimum Gasteiger partial charge on any atom is -0.307 e. The van der Waals surface area contributed by atoms with Gasteiger partial charge >= 0.3 is 5.69 Å². The van der Waals surface area contributed by atoms with Gasteiger partial charge in [-0.2, -0.15) is 25.3 Å². The van der Waals surface area contributed by atoms with Crippen LogP contribution in [0.1, 0.15) is 0 Å². The number of nitrogens with one attached hydrogen (secondary N) is 1. The average molecular weight is 303 g/mol. The van der Waals surface area contributed by atoms with E-state index in [9.17, 15) is 9.59 Å². The first-order valence-corrected chi connectivity index (χ1v) is 6.77. The zero-order valence-corrected chi connectivity index (χ0v) is 11.8. The summed E-state index contributed by atoms with van der Waals surface area (Å²) in [6, 6.07) is 4.78. The maximum absolute atomic E-state index is 12.2. The largest absolute Gasteiger partial charge is 0.328 e. The van der Waals surface area contributed by atoms with Crippen molar-refractivity contribution in [2.24, 2.45) is 0 Å². The lowest BCUT2D eigenvalue weighted by Gasteiger charge is -2.10. The Morgan fingerprint density at radius 2 is 2.11 bits per heavy atom. The second kappa shape index (κ2) is 5.42. The molecular weight excluding hydrogens is 292 g/mol. The van der Waals surface area contributed by atoms with Crippen LogP contribution in [-0.2, 0) is 6.54 Å². The number of benzene rings is 1. The quantitative estimate of drug-likeness (QED) is 0.754. The van der Waals surface area contributed by atoms with Crippen LogP contribution in [0.5, 0.6) is 0 Å². The van der Waals surface area contributed by atoms with E-state index in [1.165, 1.54) is 0 Å². The highest BCUT2D eigenvalue weighted by Gasteiger charge is 2.10. The van der Waals surface area contributed by atoms with Gasteiger partial charge in [-0.1, -0.05) is 11.6 Å². The molecule has 96 valence electrons. The standard InChI is InChI=1S/C11H11ClN2O2S2/c12-6-1-2-9-8(3-6)10(15)14(11(16)13-9)4-7(18)5-17/h1-3,7,17-18H,4-5H2,(H,13,16)/t7-/m1/s1. The summed E-state index contributed by atoms with van der Waals surface area (Å²) in [4.78, 5) is 26.6. The molecular formula is C11H11ClN2O2S2. The SMILES string of the molecule is O=c1[nH]c2ccc(Cl)cc2c(=O)n1C[C@@H](S)CS. The first kappa shape index (κ1) is 13.6. The summed E-state index contributed by atoms with van der Waals surface area (Å²) in [6.07, 6.45) is 0. The molecule has 1 heterocycles. The van der Waals surface area contributed by atoms with Crippen molar-refractivity contribution in [3.05, 3.63) is 44.1 Å². The Balaban J connectivity index is 2.68. The Morgan fingerprint density at radius 3 is 2.78 bits per heavy atom. The third-order valence-electron chi connectivity index (χ3n) is 2.55. The second-order valence-electron chi connectivity index (χ2n) is 3.87. The van der Waals surface area contributed by atoms with Crippen LogP contribution in [0, 0.1) is 0 Å². The second-order valence-corrected chi connectivity index (χ2v) is 5.40. The molecule has 1 aromatic heterocycles. The Bertz CT molecular complexity index is 695. The lowest BCUT2D eigenvalue weighted by molar-refractivity contribution is 0.639. The minimum absolute atomic E-state index is 0.163. The molecule has 1 aromatic carbocycles. The van der Waals surface area contributed by atoms with E-state index < -0.39 is 5.69 Å². The van der Waals surface area contributed by atoms with Gasteiger partial charge in [-0.3, -0.25) is 9.36 Å². The molecule has 0 radical (unpaired) electrons. The Morgan fingerprint density at radius 1 is 1.39 bits per heavy atom. The molecule has 2 aromatic rings. The van der Waals surface area contributed by atoms with Crippen LogP contribution in [0.4, 0.5) is 0 Å². The van der Waals surface area contributed by atoms with Crippen LogP contribution in [0.25, 0.3) is 10.9 Å². The molecule has 0 aliphatic carbocycles. The van der Waals surface area contributed by atoms with Crippen molar-refractivity contribution >= 4 is 47.8 Å². The highest BCUT2D eigenvalue weighted by Crippen LogP contribution is 2.13. The van der Waals surface area contributed by atoms with Gasteiger partial charge in [0.15, 0.2) is 0 Å². The Kier molecular flexibility index (Phi) is 4.09. The van der Waals surface area contributed by atoms with Crippen LogP contribution < -0.4 is 11.2 Å². The highest BCUT2D eigenvalue weighted by molar-refractivity contribution is 7.84. The van der Waals surface area contributed by atoms with Crippen molar-refractivity contribution < 1.29 is 0 Å². The molecule has 1 atom stereocenters. The van der Waals surface area contributed by atoms with Crippen LogP contribution in [0.15, 0.2) is 27.8 Å². The number of aromatic amines is 1. The summed E-state index contributed by atoms with van der Waals surface area (Å²) >= 11 is 14.2. The van der Waals surface area contributed by atoms with E-state index in [1.54, 1.807) is 18.2 Å². The third-order valence-corrected chi connectivity index (χ3v) is 3.86. The van der Waals surface area contributed by atoms with Gasteiger partial charge in [0, 0.05) is 22.6 Å². The normalized spacial score (nSPS) is 12.8. The maximum atomic E-state index is 12.2. The molecule has 1 N–H and O–H groups in total. The highest BCUT2D eigenvalue weighted by atomic mass is 35.5. The van der Waals surface area contributed by atoms with Crippen molar-refractivity contribution in [3.8, 4) is 0 Å². The zero-order valence-electron chi connectivity index (χ0n) is 9.26. The number of aromatic nitrogens is 2. The molecule has 0 aliphatic rings. The Hall–Kier alpha value is -0.850. The number of nitrogens with zero attached hydrogens (tertiary/aromatic N) is 1. The molecule has 0 unspecified atom stereocenters. The van der Waals surface area contributed by atoms with Crippen LogP contribution in [0.3, 0.4) is 0 Å². The van der Waals surface area contributed by atoms with E-state index in [0.717, 1.165) is 4.57 Å². The van der Waals surface area contributed by atoms with Gasteiger partial charge in [0.1, 0.15) is 0 Å². The first-order chi connectivity index (χ1) is 8.52. The fourth-order valence-corrected chi connectivity index (χ4v) is 2.11.